The van der Waals surface area contributed by atoms with Crippen molar-refractivity contribution < 1.29 is 4.79 Å². The Morgan fingerprint density at radius 1 is 1.09 bits per heavy atom. The molecule has 0 radical (unpaired) electrons. The number of nitrogens with one attached hydrogen (secondary N) is 1. The van der Waals surface area contributed by atoms with Crippen molar-refractivity contribution in [3.63, 3.8) is 0 Å². The van der Waals surface area contributed by atoms with E-state index in [9.17, 15) is 4.79 Å². The molecule has 5 heteroatoms. The van der Waals surface area contributed by atoms with Gasteiger partial charge in [-0.2, -0.15) is 0 Å². The molecule has 0 unspecified atom stereocenters. The average Bonchev–Trinajstić information content (AvgIpc) is 2.80. The molecule has 0 spiro atoms. The molecule has 1 aromatic rings. The second-order valence-electron chi connectivity index (χ2n) is 8.87. The zero-order valence-corrected chi connectivity index (χ0v) is 15.8. The Morgan fingerprint density at radius 2 is 1.78 bits per heavy atom. The summed E-state index contributed by atoms with van der Waals surface area (Å²) >= 11 is 0. The fraction of sp³-hybridized carbons (Fsp3) is 0.833. The number of carbonyl (C=O) groups is 1. The van der Waals surface area contributed by atoms with Crippen LogP contribution in [0.15, 0.2) is 6.20 Å². The van der Waals surface area contributed by atoms with Crippen LogP contribution in [-0.4, -0.2) is 20.9 Å². The second kappa shape index (κ2) is 8.46. The summed E-state index contributed by atoms with van der Waals surface area (Å²) in [4.78, 5) is 11.8. The van der Waals surface area contributed by atoms with Crippen molar-refractivity contribution in [2.24, 2.45) is 10.8 Å². The monoisotopic (exact) mass is 322 g/mol. The van der Waals surface area contributed by atoms with E-state index in [1.165, 1.54) is 12.8 Å². The van der Waals surface area contributed by atoms with Crippen LogP contribution >= 0.6 is 0 Å². The molecule has 0 aliphatic rings. The molecule has 1 amide bonds. The first-order valence-corrected chi connectivity index (χ1v) is 8.71. The summed E-state index contributed by atoms with van der Waals surface area (Å²) in [6, 6.07) is 0. The van der Waals surface area contributed by atoms with Gasteiger partial charge in [0, 0.05) is 13.0 Å². The van der Waals surface area contributed by atoms with Crippen LogP contribution in [-0.2, 0) is 17.9 Å². The van der Waals surface area contributed by atoms with Gasteiger partial charge in [0.1, 0.15) is 5.69 Å². The van der Waals surface area contributed by atoms with Crippen LogP contribution in [0.3, 0.4) is 0 Å². The summed E-state index contributed by atoms with van der Waals surface area (Å²) in [5.74, 6) is 0.103. The average molecular weight is 322 g/mol. The van der Waals surface area contributed by atoms with E-state index in [0.29, 0.717) is 18.4 Å². The lowest BCUT2D eigenvalue weighted by molar-refractivity contribution is -0.121. The van der Waals surface area contributed by atoms with Gasteiger partial charge < -0.3 is 5.32 Å². The number of rotatable bonds is 8. The van der Waals surface area contributed by atoms with E-state index in [1.54, 1.807) is 0 Å². The van der Waals surface area contributed by atoms with Gasteiger partial charge in [0.25, 0.3) is 0 Å². The SMILES string of the molecule is CC(C)(C)CCCCCC(=O)NCc1cn(CC(C)(C)C)nn1. The van der Waals surface area contributed by atoms with Gasteiger partial charge in [0.05, 0.1) is 12.7 Å². The Kier molecular flexibility index (Phi) is 7.23. The van der Waals surface area contributed by atoms with E-state index in [4.69, 9.17) is 0 Å². The van der Waals surface area contributed by atoms with Gasteiger partial charge in [-0.05, 0) is 23.7 Å². The summed E-state index contributed by atoms with van der Waals surface area (Å²) < 4.78 is 1.84. The molecule has 132 valence electrons. The van der Waals surface area contributed by atoms with E-state index in [0.717, 1.165) is 25.1 Å². The molecular weight excluding hydrogens is 288 g/mol. The molecule has 1 rings (SSSR count). The third kappa shape index (κ3) is 10.1. The summed E-state index contributed by atoms with van der Waals surface area (Å²) in [5.41, 5.74) is 1.37. The topological polar surface area (TPSA) is 59.8 Å². The second-order valence-corrected chi connectivity index (χ2v) is 8.87. The minimum absolute atomic E-state index is 0.103. The molecule has 1 aromatic heterocycles. The standard InChI is InChI=1S/C18H34N4O/c1-17(2,3)11-9-7-8-10-16(23)19-12-15-13-22(21-20-15)14-18(4,5)6/h13H,7-12,14H2,1-6H3,(H,19,23). The molecule has 0 saturated carbocycles. The van der Waals surface area contributed by atoms with Crippen molar-refractivity contribution in [1.29, 1.82) is 0 Å². The number of aromatic nitrogens is 3. The highest BCUT2D eigenvalue weighted by Gasteiger charge is 2.13. The molecular formula is C18H34N4O. The molecule has 1 heterocycles. The van der Waals surface area contributed by atoms with E-state index < -0.39 is 0 Å². The van der Waals surface area contributed by atoms with Crippen LogP contribution in [0.25, 0.3) is 0 Å². The normalized spacial score (nSPS) is 12.4. The van der Waals surface area contributed by atoms with Crippen LogP contribution in [0.4, 0.5) is 0 Å². The van der Waals surface area contributed by atoms with Crippen molar-refractivity contribution >= 4 is 5.91 Å². The number of unbranched alkanes of at least 4 members (excludes halogenated alkanes) is 2. The van der Waals surface area contributed by atoms with E-state index in [2.05, 4.69) is 57.2 Å². The number of carbonyl (C=O) groups excluding carboxylic acids is 1. The summed E-state index contributed by atoms with van der Waals surface area (Å²) in [5, 5.41) is 11.1. The summed E-state index contributed by atoms with van der Waals surface area (Å²) in [6.45, 7) is 14.5. The molecule has 0 aliphatic carbocycles. The van der Waals surface area contributed by atoms with Gasteiger partial charge in [-0.15, -0.1) is 5.10 Å². The Hall–Kier alpha value is -1.39. The van der Waals surface area contributed by atoms with Gasteiger partial charge in [0.2, 0.25) is 5.91 Å². The minimum Gasteiger partial charge on any atom is -0.350 e. The Balaban J connectivity index is 2.19. The molecule has 0 aliphatic heterocycles. The maximum absolute atomic E-state index is 11.8. The maximum atomic E-state index is 11.8. The number of nitrogens with zero attached hydrogens (tertiary/aromatic N) is 3. The predicted molar refractivity (Wildman–Crippen MR) is 93.9 cm³/mol. The van der Waals surface area contributed by atoms with E-state index >= 15 is 0 Å². The Bertz CT molecular complexity index is 480. The van der Waals surface area contributed by atoms with Crippen LogP contribution in [0.2, 0.25) is 0 Å². The predicted octanol–water partition coefficient (Wildman–Crippen LogP) is 3.94. The third-order valence-electron chi connectivity index (χ3n) is 3.52. The Morgan fingerprint density at radius 3 is 2.39 bits per heavy atom. The fourth-order valence-electron chi connectivity index (χ4n) is 2.38. The highest BCUT2D eigenvalue weighted by atomic mass is 16.1. The third-order valence-corrected chi connectivity index (χ3v) is 3.52. The largest absolute Gasteiger partial charge is 0.350 e. The van der Waals surface area contributed by atoms with E-state index in [-0.39, 0.29) is 11.3 Å². The summed E-state index contributed by atoms with van der Waals surface area (Å²) in [6.07, 6.45) is 6.99. The smallest absolute Gasteiger partial charge is 0.220 e. The van der Waals surface area contributed by atoms with Crippen molar-refractivity contribution in [2.75, 3.05) is 0 Å². The van der Waals surface area contributed by atoms with Gasteiger partial charge in [0.15, 0.2) is 0 Å². The van der Waals surface area contributed by atoms with Gasteiger partial charge in [-0.1, -0.05) is 59.6 Å². The molecule has 5 nitrogen and oxygen atoms in total. The molecule has 0 aromatic carbocycles. The minimum atomic E-state index is 0.103. The van der Waals surface area contributed by atoms with Crippen molar-refractivity contribution in [3.8, 4) is 0 Å². The number of hydrogen-bond acceptors (Lipinski definition) is 3. The van der Waals surface area contributed by atoms with Crippen molar-refractivity contribution in [3.05, 3.63) is 11.9 Å². The zero-order valence-electron chi connectivity index (χ0n) is 15.8. The molecule has 0 bridgehead atoms. The highest BCUT2D eigenvalue weighted by molar-refractivity contribution is 5.75. The van der Waals surface area contributed by atoms with Crippen LogP contribution in [0, 0.1) is 10.8 Å². The molecule has 1 N–H and O–H groups in total. The van der Waals surface area contributed by atoms with Crippen molar-refractivity contribution in [1.82, 2.24) is 20.3 Å². The maximum Gasteiger partial charge on any atom is 0.220 e. The first-order chi connectivity index (χ1) is 10.6. The first kappa shape index (κ1) is 19.7. The lowest BCUT2D eigenvalue weighted by Gasteiger charge is -2.17. The van der Waals surface area contributed by atoms with E-state index in [1.807, 2.05) is 10.9 Å². The van der Waals surface area contributed by atoms with Crippen molar-refractivity contribution in [2.45, 2.75) is 86.7 Å². The highest BCUT2D eigenvalue weighted by Crippen LogP contribution is 2.22. The summed E-state index contributed by atoms with van der Waals surface area (Å²) in [7, 11) is 0. The molecule has 0 saturated heterocycles. The van der Waals surface area contributed by atoms with Crippen LogP contribution in [0.1, 0.15) is 79.3 Å². The number of amides is 1. The lowest BCUT2D eigenvalue weighted by Crippen LogP contribution is -2.22. The molecule has 0 fully saturated rings. The fourth-order valence-corrected chi connectivity index (χ4v) is 2.38. The van der Waals surface area contributed by atoms with Crippen LogP contribution < -0.4 is 5.32 Å². The quantitative estimate of drug-likeness (QED) is 0.738. The van der Waals surface area contributed by atoms with Gasteiger partial charge >= 0.3 is 0 Å². The lowest BCUT2D eigenvalue weighted by atomic mass is 9.89. The Labute approximate surface area is 141 Å². The van der Waals surface area contributed by atoms with Crippen LogP contribution in [0.5, 0.6) is 0 Å². The molecule has 0 atom stereocenters. The first-order valence-electron chi connectivity index (χ1n) is 8.71. The zero-order chi connectivity index (χ0) is 17.5. The van der Waals surface area contributed by atoms with Gasteiger partial charge in [-0.25, -0.2) is 0 Å². The van der Waals surface area contributed by atoms with Gasteiger partial charge in [-0.3, -0.25) is 9.48 Å². The number of hydrogen-bond donors (Lipinski definition) is 1. The molecule has 23 heavy (non-hydrogen) atoms.